The Balaban J connectivity index is 1.86. The Morgan fingerprint density at radius 3 is 2.48 bits per heavy atom. The highest BCUT2D eigenvalue weighted by Crippen LogP contribution is 2.25. The van der Waals surface area contributed by atoms with Crippen molar-refractivity contribution in [3.63, 3.8) is 0 Å². The molecule has 1 heterocycles. The Morgan fingerprint density at radius 2 is 1.87 bits per heavy atom. The number of hydrogen-bond donors (Lipinski definition) is 1. The van der Waals surface area contributed by atoms with Crippen LogP contribution < -0.4 is 5.32 Å². The minimum absolute atomic E-state index is 0.107. The summed E-state index contributed by atoms with van der Waals surface area (Å²) in [6.07, 6.45) is 1.07. The van der Waals surface area contributed by atoms with Crippen LogP contribution in [0.1, 0.15) is 37.0 Å². The lowest BCUT2D eigenvalue weighted by molar-refractivity contribution is -0.151. The predicted molar refractivity (Wildman–Crippen MR) is 117 cm³/mol. The predicted octanol–water partition coefficient (Wildman–Crippen LogP) is 2.37. The van der Waals surface area contributed by atoms with E-state index in [1.54, 1.807) is 24.0 Å². The molecule has 0 bridgehead atoms. The third-order valence-corrected chi connectivity index (χ3v) is 5.95. The number of likely N-dealkylation sites (N-methyl/N-ethyl adjacent to an activating group) is 1. The Hall–Kier alpha value is -2.32. The number of nitrogens with one attached hydrogen (secondary N) is 1. The third kappa shape index (κ3) is 6.58. The highest BCUT2D eigenvalue weighted by Gasteiger charge is 2.30. The number of rotatable bonds is 7. The Bertz CT molecular complexity index is 840. The number of halogens is 2. The molecular weight excluding hydrogens is 445 g/mol. The van der Waals surface area contributed by atoms with Crippen molar-refractivity contribution < 1.29 is 23.9 Å². The molecule has 1 aromatic rings. The van der Waals surface area contributed by atoms with Crippen LogP contribution in [-0.4, -0.2) is 72.8 Å². The molecule has 3 amide bonds. The first-order chi connectivity index (χ1) is 14.6. The topological polar surface area (TPSA) is 96.0 Å². The van der Waals surface area contributed by atoms with Crippen molar-refractivity contribution in [3.8, 4) is 0 Å². The second kappa shape index (κ2) is 11.3. The molecule has 0 spiro atoms. The van der Waals surface area contributed by atoms with E-state index in [2.05, 4.69) is 5.32 Å². The van der Waals surface area contributed by atoms with Crippen LogP contribution in [0.25, 0.3) is 0 Å². The first kappa shape index (κ1) is 24.9. The van der Waals surface area contributed by atoms with Crippen LogP contribution in [0.4, 0.5) is 0 Å². The van der Waals surface area contributed by atoms with Crippen molar-refractivity contribution >= 4 is 46.9 Å². The summed E-state index contributed by atoms with van der Waals surface area (Å²) in [4.78, 5) is 52.3. The minimum atomic E-state index is -0.866. The summed E-state index contributed by atoms with van der Waals surface area (Å²) in [6, 6.07) is 3.79. The molecule has 8 nitrogen and oxygen atoms in total. The fourth-order valence-electron chi connectivity index (χ4n) is 3.35. The van der Waals surface area contributed by atoms with Crippen LogP contribution in [0.3, 0.4) is 0 Å². The number of piperidine rings is 1. The minimum Gasteiger partial charge on any atom is -0.466 e. The maximum Gasteiger partial charge on any atom is 0.309 e. The van der Waals surface area contributed by atoms with E-state index in [9.17, 15) is 19.2 Å². The second-order valence-corrected chi connectivity index (χ2v) is 8.18. The van der Waals surface area contributed by atoms with E-state index in [4.69, 9.17) is 27.9 Å². The Morgan fingerprint density at radius 1 is 1.23 bits per heavy atom. The number of benzene rings is 1. The van der Waals surface area contributed by atoms with Gasteiger partial charge in [-0.25, -0.2) is 0 Å². The van der Waals surface area contributed by atoms with Gasteiger partial charge in [-0.1, -0.05) is 29.3 Å². The van der Waals surface area contributed by atoms with Crippen LogP contribution in [-0.2, 0) is 19.1 Å². The second-order valence-electron chi connectivity index (χ2n) is 7.40. The van der Waals surface area contributed by atoms with Gasteiger partial charge in [-0.05, 0) is 38.8 Å². The summed E-state index contributed by atoms with van der Waals surface area (Å²) in [6.45, 7) is 4.37. The molecule has 1 saturated heterocycles. The quantitative estimate of drug-likeness (QED) is 0.615. The smallest absolute Gasteiger partial charge is 0.309 e. The fourth-order valence-corrected chi connectivity index (χ4v) is 3.74. The molecule has 1 aliphatic rings. The number of nitrogens with zero attached hydrogens (tertiary/aromatic N) is 2. The van der Waals surface area contributed by atoms with Crippen molar-refractivity contribution in [3.05, 3.63) is 33.8 Å². The number of likely N-dealkylation sites (tertiary alicyclic amines) is 1. The van der Waals surface area contributed by atoms with E-state index in [1.807, 2.05) is 0 Å². The van der Waals surface area contributed by atoms with Gasteiger partial charge in [0.1, 0.15) is 6.04 Å². The van der Waals surface area contributed by atoms with Crippen molar-refractivity contribution in [2.75, 3.05) is 33.3 Å². The summed E-state index contributed by atoms with van der Waals surface area (Å²) >= 11 is 12.0. The van der Waals surface area contributed by atoms with E-state index >= 15 is 0 Å². The maximum atomic E-state index is 12.6. The first-order valence-corrected chi connectivity index (χ1v) is 10.9. The lowest BCUT2D eigenvalue weighted by atomic mass is 9.97. The molecule has 31 heavy (non-hydrogen) atoms. The molecule has 0 aromatic heterocycles. The summed E-state index contributed by atoms with van der Waals surface area (Å²) in [5.74, 6) is -1.59. The largest absolute Gasteiger partial charge is 0.466 e. The van der Waals surface area contributed by atoms with Crippen molar-refractivity contribution in [2.24, 2.45) is 5.92 Å². The highest BCUT2D eigenvalue weighted by molar-refractivity contribution is 6.43. The van der Waals surface area contributed by atoms with Crippen LogP contribution in [0, 0.1) is 5.92 Å². The normalized spacial score (nSPS) is 15.2. The molecular formula is C21H27Cl2N3O5. The Labute approximate surface area is 191 Å². The molecule has 10 heteroatoms. The summed E-state index contributed by atoms with van der Waals surface area (Å²) in [7, 11) is 1.50. The molecule has 170 valence electrons. The zero-order valence-electron chi connectivity index (χ0n) is 17.8. The Kier molecular flexibility index (Phi) is 9.13. The zero-order valence-corrected chi connectivity index (χ0v) is 19.3. The molecule has 1 aliphatic heterocycles. The van der Waals surface area contributed by atoms with Crippen molar-refractivity contribution in [1.82, 2.24) is 15.1 Å². The van der Waals surface area contributed by atoms with Gasteiger partial charge in [0.15, 0.2) is 0 Å². The lowest BCUT2D eigenvalue weighted by Gasteiger charge is -2.32. The number of amides is 3. The van der Waals surface area contributed by atoms with Gasteiger partial charge in [0, 0.05) is 20.1 Å². The zero-order chi connectivity index (χ0) is 23.1. The van der Waals surface area contributed by atoms with E-state index in [0.717, 1.165) is 0 Å². The monoisotopic (exact) mass is 471 g/mol. The molecule has 1 aromatic carbocycles. The molecule has 1 atom stereocenters. The first-order valence-electron chi connectivity index (χ1n) is 10.1. The summed E-state index contributed by atoms with van der Waals surface area (Å²) in [5.41, 5.74) is 0.164. The van der Waals surface area contributed by atoms with Crippen LogP contribution >= 0.6 is 23.2 Å². The van der Waals surface area contributed by atoms with Crippen LogP contribution in [0.15, 0.2) is 18.2 Å². The van der Waals surface area contributed by atoms with Gasteiger partial charge >= 0.3 is 5.97 Å². The third-order valence-electron chi connectivity index (χ3n) is 5.13. The summed E-state index contributed by atoms with van der Waals surface area (Å²) in [5, 5.41) is 2.92. The molecule has 0 aliphatic carbocycles. The average Bonchev–Trinajstić information content (AvgIpc) is 2.75. The van der Waals surface area contributed by atoms with Crippen LogP contribution in [0.2, 0.25) is 10.0 Å². The lowest BCUT2D eigenvalue weighted by Crippen LogP contribution is -2.50. The number of hydrogen-bond acceptors (Lipinski definition) is 5. The molecule has 0 radical (unpaired) electrons. The molecule has 1 unspecified atom stereocenters. The highest BCUT2D eigenvalue weighted by atomic mass is 35.5. The number of ether oxygens (including phenoxy) is 1. The van der Waals surface area contributed by atoms with E-state index in [1.165, 1.54) is 24.9 Å². The van der Waals surface area contributed by atoms with Gasteiger partial charge in [0.2, 0.25) is 11.8 Å². The van der Waals surface area contributed by atoms with E-state index < -0.39 is 17.9 Å². The number of carbonyl (C=O) groups excluding carboxylic acids is 4. The van der Waals surface area contributed by atoms with Gasteiger partial charge in [-0.3, -0.25) is 19.2 Å². The van der Waals surface area contributed by atoms with Gasteiger partial charge in [-0.2, -0.15) is 0 Å². The standard InChI is InChI=1S/C21H27Cl2N3O5/c1-4-31-21(30)14-8-10-26(11-9-14)17(27)12-25(3)20(29)13(2)24-19(28)15-6-5-7-16(22)18(15)23/h5-7,13-14H,4,8-12H2,1-3H3,(H,24,28). The van der Waals surface area contributed by atoms with Gasteiger partial charge in [0.05, 0.1) is 34.7 Å². The number of esters is 1. The van der Waals surface area contributed by atoms with Crippen LogP contribution in [0.5, 0.6) is 0 Å². The molecule has 1 N–H and O–H groups in total. The van der Waals surface area contributed by atoms with Crippen molar-refractivity contribution in [2.45, 2.75) is 32.7 Å². The molecule has 1 fully saturated rings. The van der Waals surface area contributed by atoms with E-state index in [-0.39, 0.29) is 39.9 Å². The van der Waals surface area contributed by atoms with E-state index in [0.29, 0.717) is 32.5 Å². The maximum absolute atomic E-state index is 12.6. The molecule has 2 rings (SSSR count). The van der Waals surface area contributed by atoms with Gasteiger partial charge in [-0.15, -0.1) is 0 Å². The average molecular weight is 472 g/mol. The number of carbonyl (C=O) groups is 4. The van der Waals surface area contributed by atoms with Gasteiger partial charge in [0.25, 0.3) is 5.91 Å². The summed E-state index contributed by atoms with van der Waals surface area (Å²) < 4.78 is 5.03. The molecule has 0 saturated carbocycles. The SMILES string of the molecule is CCOC(=O)C1CCN(C(=O)CN(C)C(=O)C(C)NC(=O)c2cccc(Cl)c2Cl)CC1. The van der Waals surface area contributed by atoms with Gasteiger partial charge < -0.3 is 19.9 Å². The van der Waals surface area contributed by atoms with Crippen molar-refractivity contribution in [1.29, 1.82) is 0 Å². The fraction of sp³-hybridized carbons (Fsp3) is 0.524.